The van der Waals surface area contributed by atoms with E-state index in [2.05, 4.69) is 21.3 Å². The van der Waals surface area contributed by atoms with E-state index in [-0.39, 0.29) is 11.2 Å². The Morgan fingerprint density at radius 2 is 2.04 bits per heavy atom. The molecule has 1 N–H and O–H groups in total. The Hall–Kier alpha value is -1.89. The Balaban J connectivity index is 1.49. The lowest BCUT2D eigenvalue weighted by atomic mass is 9.97. The molecule has 0 amide bonds. The van der Waals surface area contributed by atoms with Crippen molar-refractivity contribution < 1.29 is 8.42 Å². The predicted octanol–water partition coefficient (Wildman–Crippen LogP) is 2.92. The van der Waals surface area contributed by atoms with Crippen molar-refractivity contribution in [2.24, 2.45) is 11.8 Å². The Morgan fingerprint density at radius 1 is 1.24 bits per heavy atom. The minimum absolute atomic E-state index is 0.0559. The number of hydrogen-bond donors (Lipinski definition) is 1. The molecule has 6 nitrogen and oxygen atoms in total. The zero-order valence-corrected chi connectivity index (χ0v) is 15.0. The lowest BCUT2D eigenvalue weighted by Crippen LogP contribution is -2.18. The summed E-state index contributed by atoms with van der Waals surface area (Å²) in [5.74, 6) is 2.38. The summed E-state index contributed by atoms with van der Waals surface area (Å²) >= 11 is 0. The number of aromatic nitrogens is 4. The molecule has 3 aromatic rings. The van der Waals surface area contributed by atoms with Crippen LogP contribution in [0.4, 0.5) is 0 Å². The lowest BCUT2D eigenvalue weighted by Gasteiger charge is -2.14. The van der Waals surface area contributed by atoms with Crippen LogP contribution in [0.5, 0.6) is 0 Å². The Bertz CT molecular complexity index is 1050. The molecule has 0 aliphatic heterocycles. The topological polar surface area (TPSA) is 80.1 Å². The van der Waals surface area contributed by atoms with Crippen LogP contribution in [0.15, 0.2) is 24.7 Å². The van der Waals surface area contributed by atoms with E-state index in [1.165, 1.54) is 0 Å². The van der Waals surface area contributed by atoms with Gasteiger partial charge in [0.15, 0.2) is 15.5 Å². The van der Waals surface area contributed by atoms with Crippen molar-refractivity contribution in [1.82, 2.24) is 19.4 Å². The van der Waals surface area contributed by atoms with E-state index in [0.717, 1.165) is 48.2 Å². The molecule has 5 rings (SSSR count). The molecule has 2 aliphatic rings. The van der Waals surface area contributed by atoms with E-state index in [1.54, 1.807) is 0 Å². The molecule has 0 unspecified atom stereocenters. The SMILES string of the molecule is C[C@H]1C[C@@H](CS(=O)(=O)C2CC2)C[C@H]1c1ncc2cnc3[nH]ccc3n12. The molecular weight excluding hydrogens is 336 g/mol. The van der Waals surface area contributed by atoms with Crippen molar-refractivity contribution in [3.63, 3.8) is 0 Å². The van der Waals surface area contributed by atoms with Crippen LogP contribution in [0.3, 0.4) is 0 Å². The van der Waals surface area contributed by atoms with Gasteiger partial charge < -0.3 is 4.98 Å². The van der Waals surface area contributed by atoms with Gasteiger partial charge in [-0.25, -0.2) is 18.4 Å². The smallest absolute Gasteiger partial charge is 0.154 e. The zero-order valence-electron chi connectivity index (χ0n) is 14.2. The summed E-state index contributed by atoms with van der Waals surface area (Å²) in [4.78, 5) is 12.3. The molecule has 7 heteroatoms. The van der Waals surface area contributed by atoms with Crippen LogP contribution < -0.4 is 0 Å². The van der Waals surface area contributed by atoms with Crippen LogP contribution in [0.25, 0.3) is 16.7 Å². The first-order valence-electron chi connectivity index (χ1n) is 9.04. The molecule has 2 fully saturated rings. The van der Waals surface area contributed by atoms with Crippen molar-refractivity contribution in [2.45, 2.75) is 43.8 Å². The summed E-state index contributed by atoms with van der Waals surface area (Å²) < 4.78 is 26.9. The number of H-pyrrole nitrogens is 1. The quantitative estimate of drug-likeness (QED) is 0.778. The van der Waals surface area contributed by atoms with Crippen LogP contribution in [-0.4, -0.2) is 38.8 Å². The van der Waals surface area contributed by atoms with Crippen molar-refractivity contribution in [1.29, 1.82) is 0 Å². The largest absolute Gasteiger partial charge is 0.345 e. The normalized spacial score (nSPS) is 27.5. The van der Waals surface area contributed by atoms with Crippen molar-refractivity contribution >= 4 is 26.5 Å². The molecule has 0 bridgehead atoms. The van der Waals surface area contributed by atoms with Gasteiger partial charge in [0.2, 0.25) is 0 Å². The Kier molecular flexibility index (Phi) is 3.26. The van der Waals surface area contributed by atoms with E-state index in [4.69, 9.17) is 4.98 Å². The predicted molar refractivity (Wildman–Crippen MR) is 96.3 cm³/mol. The first-order chi connectivity index (χ1) is 12.0. The Morgan fingerprint density at radius 3 is 2.84 bits per heavy atom. The second kappa shape index (κ2) is 5.30. The molecular formula is C18H22N4O2S. The van der Waals surface area contributed by atoms with Gasteiger partial charge in [0.1, 0.15) is 5.82 Å². The van der Waals surface area contributed by atoms with Crippen molar-refractivity contribution in [3.05, 3.63) is 30.5 Å². The first kappa shape index (κ1) is 15.4. The highest BCUT2D eigenvalue weighted by atomic mass is 32.2. The number of hydrogen-bond acceptors (Lipinski definition) is 4. The highest BCUT2D eigenvalue weighted by molar-refractivity contribution is 7.92. The second-order valence-corrected chi connectivity index (χ2v) is 10.1. The summed E-state index contributed by atoms with van der Waals surface area (Å²) in [7, 11) is -2.90. The minimum atomic E-state index is -2.90. The maximum Gasteiger partial charge on any atom is 0.154 e. The summed E-state index contributed by atoms with van der Waals surface area (Å²) in [6.07, 6.45) is 9.19. The Labute approximate surface area is 146 Å². The van der Waals surface area contributed by atoms with Gasteiger partial charge in [0.25, 0.3) is 0 Å². The molecule has 25 heavy (non-hydrogen) atoms. The number of nitrogens with one attached hydrogen (secondary N) is 1. The maximum atomic E-state index is 12.4. The van der Waals surface area contributed by atoms with E-state index in [9.17, 15) is 8.42 Å². The number of rotatable bonds is 4. The fourth-order valence-corrected chi connectivity index (χ4v) is 6.58. The molecule has 0 saturated heterocycles. The van der Waals surface area contributed by atoms with E-state index in [0.29, 0.717) is 17.6 Å². The average Bonchev–Trinajstić information content (AvgIpc) is 3.03. The van der Waals surface area contributed by atoms with E-state index in [1.807, 2.05) is 24.7 Å². The van der Waals surface area contributed by atoms with E-state index >= 15 is 0 Å². The molecule has 132 valence electrons. The molecule has 2 aliphatic carbocycles. The lowest BCUT2D eigenvalue weighted by molar-refractivity contribution is 0.506. The number of nitrogens with zero attached hydrogens (tertiary/aromatic N) is 3. The second-order valence-electron chi connectivity index (χ2n) is 7.80. The third kappa shape index (κ3) is 2.47. The summed E-state index contributed by atoms with van der Waals surface area (Å²) in [5.41, 5.74) is 2.87. The maximum absolute atomic E-state index is 12.4. The highest BCUT2D eigenvalue weighted by Gasteiger charge is 2.41. The number of sulfone groups is 1. The van der Waals surface area contributed by atoms with Crippen LogP contribution in [-0.2, 0) is 9.84 Å². The van der Waals surface area contributed by atoms with Crippen LogP contribution in [0.1, 0.15) is 44.3 Å². The molecule has 0 spiro atoms. The van der Waals surface area contributed by atoms with Gasteiger partial charge in [0, 0.05) is 12.1 Å². The fraction of sp³-hybridized carbons (Fsp3) is 0.556. The third-order valence-corrected chi connectivity index (χ3v) is 8.32. The summed E-state index contributed by atoms with van der Waals surface area (Å²) in [6.45, 7) is 2.23. The molecule has 0 aromatic carbocycles. The zero-order chi connectivity index (χ0) is 17.2. The molecule has 3 aromatic heterocycles. The van der Waals surface area contributed by atoms with Gasteiger partial charge in [0.05, 0.1) is 34.4 Å². The van der Waals surface area contributed by atoms with Crippen LogP contribution in [0.2, 0.25) is 0 Å². The van der Waals surface area contributed by atoms with Crippen molar-refractivity contribution in [3.8, 4) is 0 Å². The van der Waals surface area contributed by atoms with Crippen molar-refractivity contribution in [2.75, 3.05) is 5.75 Å². The van der Waals surface area contributed by atoms with Gasteiger partial charge in [-0.15, -0.1) is 0 Å². The molecule has 3 atom stereocenters. The first-order valence-corrected chi connectivity index (χ1v) is 10.8. The number of imidazole rings is 1. The van der Waals surface area contributed by atoms with E-state index < -0.39 is 9.84 Å². The van der Waals surface area contributed by atoms with Crippen LogP contribution >= 0.6 is 0 Å². The summed E-state index contributed by atoms with van der Waals surface area (Å²) in [5, 5.41) is -0.0559. The molecule has 3 heterocycles. The highest BCUT2D eigenvalue weighted by Crippen LogP contribution is 2.44. The van der Waals surface area contributed by atoms with Gasteiger partial charge in [-0.05, 0) is 43.6 Å². The molecule has 0 radical (unpaired) electrons. The van der Waals surface area contributed by atoms with Gasteiger partial charge >= 0.3 is 0 Å². The minimum Gasteiger partial charge on any atom is -0.345 e. The molecule has 2 saturated carbocycles. The monoisotopic (exact) mass is 358 g/mol. The average molecular weight is 358 g/mol. The van der Waals surface area contributed by atoms with Gasteiger partial charge in [-0.2, -0.15) is 0 Å². The van der Waals surface area contributed by atoms with Gasteiger partial charge in [-0.3, -0.25) is 4.40 Å². The standard InChI is InChI=1S/C18H22N4O2S/c1-11-6-12(10-25(23,24)14-2-3-14)7-15(11)18-21-9-13-8-20-17-16(22(13)18)4-5-19-17/h4-5,8-9,11-12,14-15,19H,2-3,6-7,10H2,1H3/t11-,12+,15+/m0/s1. The fourth-order valence-electron chi connectivity index (χ4n) is 4.53. The van der Waals surface area contributed by atoms with Gasteiger partial charge in [-0.1, -0.05) is 6.92 Å². The number of fused-ring (bicyclic) bond motifs is 3. The van der Waals surface area contributed by atoms with Crippen LogP contribution in [0, 0.1) is 11.8 Å². The summed E-state index contributed by atoms with van der Waals surface area (Å²) in [6, 6.07) is 2.02. The third-order valence-electron chi connectivity index (χ3n) is 5.90. The number of aromatic amines is 1.